The monoisotopic (exact) mass is 234 g/mol. The summed E-state index contributed by atoms with van der Waals surface area (Å²) in [4.78, 5) is 0. The summed E-state index contributed by atoms with van der Waals surface area (Å²) >= 11 is 0. The van der Waals surface area contributed by atoms with Gasteiger partial charge in [-0.2, -0.15) is 0 Å². The fourth-order valence-electron chi connectivity index (χ4n) is 2.43. The van der Waals surface area contributed by atoms with Crippen molar-refractivity contribution in [1.29, 1.82) is 0 Å². The normalized spacial score (nSPS) is 26.7. The van der Waals surface area contributed by atoms with Gasteiger partial charge in [-0.25, -0.2) is 0 Å². The lowest BCUT2D eigenvalue weighted by Crippen LogP contribution is -2.52. The maximum absolute atomic E-state index is 5.52. The Kier molecular flexibility index (Phi) is 4.54. The van der Waals surface area contributed by atoms with Crippen molar-refractivity contribution in [3.8, 4) is 0 Å². The molecule has 2 N–H and O–H groups in total. The summed E-state index contributed by atoms with van der Waals surface area (Å²) < 4.78 is 5.52. The van der Waals surface area contributed by atoms with Crippen molar-refractivity contribution in [2.75, 3.05) is 20.2 Å². The smallest absolute Gasteiger partial charge is 0.0848 e. The Morgan fingerprint density at radius 2 is 2.12 bits per heavy atom. The third-order valence-corrected chi connectivity index (χ3v) is 3.49. The lowest BCUT2D eigenvalue weighted by Gasteiger charge is -2.34. The zero-order valence-electron chi connectivity index (χ0n) is 10.6. The summed E-state index contributed by atoms with van der Waals surface area (Å²) in [6, 6.07) is 11.4. The Bertz CT molecular complexity index is 328. The highest BCUT2D eigenvalue weighted by Crippen LogP contribution is 2.16. The first kappa shape index (κ1) is 12.6. The highest BCUT2D eigenvalue weighted by Gasteiger charge is 2.25. The van der Waals surface area contributed by atoms with Crippen LogP contribution in [-0.4, -0.2) is 32.3 Å². The van der Waals surface area contributed by atoms with E-state index in [0.717, 1.165) is 19.5 Å². The number of rotatable bonds is 4. The molecule has 0 saturated carbocycles. The average molecular weight is 234 g/mol. The van der Waals surface area contributed by atoms with E-state index in [4.69, 9.17) is 4.74 Å². The first-order chi connectivity index (χ1) is 8.31. The van der Waals surface area contributed by atoms with Crippen LogP contribution in [-0.2, 0) is 4.74 Å². The molecule has 3 heteroatoms. The van der Waals surface area contributed by atoms with Crippen LogP contribution in [0.25, 0.3) is 0 Å². The summed E-state index contributed by atoms with van der Waals surface area (Å²) in [5.74, 6) is 0. The van der Waals surface area contributed by atoms with Crippen molar-refractivity contribution < 1.29 is 4.74 Å². The molecule has 1 fully saturated rings. The second-order valence-corrected chi connectivity index (χ2v) is 4.67. The van der Waals surface area contributed by atoms with Crippen LogP contribution >= 0.6 is 0 Å². The van der Waals surface area contributed by atoms with E-state index in [1.54, 1.807) is 7.11 Å². The lowest BCUT2D eigenvalue weighted by molar-refractivity contribution is 0.0482. The third kappa shape index (κ3) is 3.28. The van der Waals surface area contributed by atoms with Crippen molar-refractivity contribution in [2.45, 2.75) is 31.5 Å². The number of piperidine rings is 1. The highest BCUT2D eigenvalue weighted by atomic mass is 16.5. The predicted molar refractivity (Wildman–Crippen MR) is 70.1 cm³/mol. The Morgan fingerprint density at radius 1 is 1.35 bits per heavy atom. The van der Waals surface area contributed by atoms with Gasteiger partial charge in [0.15, 0.2) is 0 Å². The largest absolute Gasteiger partial charge is 0.379 e. The van der Waals surface area contributed by atoms with Crippen LogP contribution in [0.5, 0.6) is 0 Å². The number of benzene rings is 1. The van der Waals surface area contributed by atoms with E-state index < -0.39 is 0 Å². The number of nitrogens with one attached hydrogen (secondary N) is 2. The van der Waals surface area contributed by atoms with Gasteiger partial charge in [-0.15, -0.1) is 0 Å². The minimum Gasteiger partial charge on any atom is -0.379 e. The van der Waals surface area contributed by atoms with E-state index in [1.165, 1.54) is 5.56 Å². The molecule has 1 aromatic carbocycles. The van der Waals surface area contributed by atoms with E-state index in [2.05, 4.69) is 47.9 Å². The number of hydrogen-bond donors (Lipinski definition) is 2. The molecule has 0 radical (unpaired) electrons. The molecule has 0 aliphatic carbocycles. The van der Waals surface area contributed by atoms with Crippen molar-refractivity contribution in [3.05, 3.63) is 35.9 Å². The Hall–Kier alpha value is -0.900. The van der Waals surface area contributed by atoms with E-state index in [1.807, 2.05) is 0 Å². The minimum absolute atomic E-state index is 0.273. The Balaban J connectivity index is 1.95. The summed E-state index contributed by atoms with van der Waals surface area (Å²) in [6.45, 7) is 4.22. The fourth-order valence-corrected chi connectivity index (χ4v) is 2.43. The first-order valence-corrected chi connectivity index (χ1v) is 6.35. The molecule has 0 spiro atoms. The van der Waals surface area contributed by atoms with Crippen LogP contribution in [0.15, 0.2) is 30.3 Å². The zero-order chi connectivity index (χ0) is 12.1. The van der Waals surface area contributed by atoms with E-state index in [9.17, 15) is 0 Å². The maximum Gasteiger partial charge on any atom is 0.0848 e. The van der Waals surface area contributed by atoms with Gasteiger partial charge in [0.05, 0.1) is 6.10 Å². The van der Waals surface area contributed by atoms with Crippen molar-refractivity contribution in [3.63, 3.8) is 0 Å². The molecule has 3 nitrogen and oxygen atoms in total. The van der Waals surface area contributed by atoms with Crippen LogP contribution in [0, 0.1) is 0 Å². The van der Waals surface area contributed by atoms with Gasteiger partial charge in [0.2, 0.25) is 0 Å². The van der Waals surface area contributed by atoms with E-state index in [0.29, 0.717) is 12.1 Å². The van der Waals surface area contributed by atoms with Crippen LogP contribution in [0.1, 0.15) is 24.9 Å². The first-order valence-electron chi connectivity index (χ1n) is 6.35. The number of ether oxygens (including phenoxy) is 1. The molecule has 94 valence electrons. The van der Waals surface area contributed by atoms with Crippen LogP contribution in [0.3, 0.4) is 0 Å². The van der Waals surface area contributed by atoms with Gasteiger partial charge >= 0.3 is 0 Å². The van der Waals surface area contributed by atoms with Crippen molar-refractivity contribution in [2.24, 2.45) is 0 Å². The number of hydrogen-bond acceptors (Lipinski definition) is 3. The summed E-state index contributed by atoms with van der Waals surface area (Å²) in [5.41, 5.74) is 1.33. The summed E-state index contributed by atoms with van der Waals surface area (Å²) in [6.07, 6.45) is 1.39. The second-order valence-electron chi connectivity index (χ2n) is 4.67. The number of methoxy groups -OCH3 is 1. The standard InChI is InChI=1S/C14H22N2O/c1-11(12-6-4-3-5-7-12)16-13-8-9-15-10-14(13)17-2/h3-7,11,13-16H,8-10H2,1-2H3/t11?,13-,14+/m0/s1. The van der Waals surface area contributed by atoms with Gasteiger partial charge in [0.1, 0.15) is 0 Å². The molecular weight excluding hydrogens is 212 g/mol. The SMILES string of the molecule is CO[C@@H]1CNCC[C@@H]1NC(C)c1ccccc1. The molecule has 1 aromatic rings. The lowest BCUT2D eigenvalue weighted by atomic mass is 10.0. The third-order valence-electron chi connectivity index (χ3n) is 3.49. The van der Waals surface area contributed by atoms with E-state index >= 15 is 0 Å². The molecule has 3 atom stereocenters. The van der Waals surface area contributed by atoms with Gasteiger partial charge in [-0.05, 0) is 25.5 Å². The molecule has 0 aromatic heterocycles. The van der Waals surface area contributed by atoms with Crippen LogP contribution in [0.2, 0.25) is 0 Å². The molecule has 2 rings (SSSR count). The van der Waals surface area contributed by atoms with Crippen molar-refractivity contribution >= 4 is 0 Å². The van der Waals surface area contributed by atoms with Crippen LogP contribution < -0.4 is 10.6 Å². The molecule has 1 heterocycles. The van der Waals surface area contributed by atoms with Gasteiger partial charge in [0.25, 0.3) is 0 Å². The molecule has 0 bridgehead atoms. The fraction of sp³-hybridized carbons (Fsp3) is 0.571. The van der Waals surface area contributed by atoms with Crippen molar-refractivity contribution in [1.82, 2.24) is 10.6 Å². The van der Waals surface area contributed by atoms with Gasteiger partial charge in [-0.3, -0.25) is 0 Å². The Labute approximate surface area is 104 Å². The zero-order valence-corrected chi connectivity index (χ0v) is 10.6. The molecule has 17 heavy (non-hydrogen) atoms. The van der Waals surface area contributed by atoms with Gasteiger partial charge < -0.3 is 15.4 Å². The summed E-state index contributed by atoms with van der Waals surface area (Å²) in [5, 5.41) is 7.03. The summed E-state index contributed by atoms with van der Waals surface area (Å²) in [7, 11) is 1.79. The quantitative estimate of drug-likeness (QED) is 0.832. The molecule has 1 aliphatic heterocycles. The van der Waals surface area contributed by atoms with E-state index in [-0.39, 0.29) is 6.10 Å². The molecule has 1 aliphatic rings. The van der Waals surface area contributed by atoms with Crippen LogP contribution in [0.4, 0.5) is 0 Å². The molecule has 0 amide bonds. The highest BCUT2D eigenvalue weighted by molar-refractivity contribution is 5.18. The molecule has 1 unspecified atom stereocenters. The van der Waals surface area contributed by atoms with Gasteiger partial charge in [-0.1, -0.05) is 30.3 Å². The minimum atomic E-state index is 0.273. The molecular formula is C14H22N2O. The second kappa shape index (κ2) is 6.15. The topological polar surface area (TPSA) is 33.3 Å². The Morgan fingerprint density at radius 3 is 2.82 bits per heavy atom. The molecule has 1 saturated heterocycles. The maximum atomic E-state index is 5.52. The average Bonchev–Trinajstić information content (AvgIpc) is 2.40. The predicted octanol–water partition coefficient (Wildman–Crippen LogP) is 1.71. The van der Waals surface area contributed by atoms with Gasteiger partial charge in [0, 0.05) is 25.7 Å².